The van der Waals surface area contributed by atoms with Crippen molar-refractivity contribution in [2.24, 2.45) is 0 Å². The summed E-state index contributed by atoms with van der Waals surface area (Å²) in [5.41, 5.74) is 2.05. The van der Waals surface area contributed by atoms with Gasteiger partial charge in [0.25, 0.3) is 5.91 Å². The van der Waals surface area contributed by atoms with Crippen LogP contribution < -0.4 is 10.6 Å². The Morgan fingerprint density at radius 1 is 1.26 bits per heavy atom. The molecule has 0 aliphatic rings. The number of rotatable bonds is 6. The number of nitriles is 1. The summed E-state index contributed by atoms with van der Waals surface area (Å²) in [6, 6.07) is 15.1. The van der Waals surface area contributed by atoms with Crippen molar-refractivity contribution >= 4 is 5.91 Å². The van der Waals surface area contributed by atoms with Gasteiger partial charge in [0.05, 0.1) is 6.04 Å². The van der Waals surface area contributed by atoms with Crippen LogP contribution in [0.5, 0.6) is 0 Å². The second-order valence-corrected chi connectivity index (χ2v) is 5.01. The van der Waals surface area contributed by atoms with Crippen LogP contribution in [0.1, 0.15) is 24.1 Å². The Labute approximate surface area is 135 Å². The highest BCUT2D eigenvalue weighted by molar-refractivity contribution is 5.97. The topological polar surface area (TPSA) is 77.8 Å². The fourth-order valence-electron chi connectivity index (χ4n) is 2.02. The van der Waals surface area contributed by atoms with Crippen LogP contribution in [0.4, 0.5) is 0 Å². The van der Waals surface area contributed by atoms with E-state index in [9.17, 15) is 4.79 Å². The molecular formula is C18H18N4O. The lowest BCUT2D eigenvalue weighted by molar-refractivity contribution is -0.117. The zero-order valence-corrected chi connectivity index (χ0v) is 12.9. The van der Waals surface area contributed by atoms with Gasteiger partial charge in [-0.2, -0.15) is 5.26 Å². The Kier molecular flexibility index (Phi) is 5.89. The second-order valence-electron chi connectivity index (χ2n) is 5.01. The van der Waals surface area contributed by atoms with Gasteiger partial charge in [0.2, 0.25) is 0 Å². The first-order valence-electron chi connectivity index (χ1n) is 7.29. The van der Waals surface area contributed by atoms with Crippen molar-refractivity contribution in [1.29, 1.82) is 5.26 Å². The lowest BCUT2D eigenvalue weighted by Gasteiger charge is -2.13. The summed E-state index contributed by atoms with van der Waals surface area (Å²) < 4.78 is 0. The van der Waals surface area contributed by atoms with E-state index < -0.39 is 5.91 Å². The summed E-state index contributed by atoms with van der Waals surface area (Å²) in [5, 5.41) is 14.9. The molecule has 0 spiro atoms. The van der Waals surface area contributed by atoms with E-state index in [2.05, 4.69) is 15.6 Å². The molecule has 0 saturated carbocycles. The van der Waals surface area contributed by atoms with E-state index in [1.165, 1.54) is 6.20 Å². The van der Waals surface area contributed by atoms with Gasteiger partial charge in [0.15, 0.2) is 0 Å². The van der Waals surface area contributed by atoms with Crippen LogP contribution in [-0.2, 0) is 11.3 Å². The molecule has 23 heavy (non-hydrogen) atoms. The molecule has 0 aliphatic heterocycles. The molecule has 2 rings (SSSR count). The molecule has 0 aliphatic carbocycles. The predicted molar refractivity (Wildman–Crippen MR) is 87.8 cm³/mol. The van der Waals surface area contributed by atoms with Crippen LogP contribution >= 0.6 is 0 Å². The van der Waals surface area contributed by atoms with Crippen LogP contribution in [0, 0.1) is 11.3 Å². The zero-order valence-electron chi connectivity index (χ0n) is 12.9. The van der Waals surface area contributed by atoms with Crippen LogP contribution in [0.25, 0.3) is 0 Å². The number of benzene rings is 1. The van der Waals surface area contributed by atoms with Gasteiger partial charge in [-0.25, -0.2) is 0 Å². The van der Waals surface area contributed by atoms with E-state index in [1.807, 2.05) is 55.5 Å². The number of amides is 1. The lowest BCUT2D eigenvalue weighted by atomic mass is 10.1. The smallest absolute Gasteiger partial charge is 0.263 e. The van der Waals surface area contributed by atoms with E-state index in [1.54, 1.807) is 12.4 Å². The summed E-state index contributed by atoms with van der Waals surface area (Å²) in [5.74, 6) is -0.397. The first-order chi connectivity index (χ1) is 11.2. The van der Waals surface area contributed by atoms with E-state index in [-0.39, 0.29) is 11.6 Å². The number of carbonyl (C=O) groups excluding carboxylic acids is 1. The molecule has 1 aromatic carbocycles. The van der Waals surface area contributed by atoms with Crippen molar-refractivity contribution in [2.75, 3.05) is 0 Å². The molecule has 0 fully saturated rings. The van der Waals surface area contributed by atoms with Gasteiger partial charge >= 0.3 is 0 Å². The highest BCUT2D eigenvalue weighted by Crippen LogP contribution is 2.11. The summed E-state index contributed by atoms with van der Waals surface area (Å²) in [6.07, 6.45) is 4.83. The molecule has 5 heteroatoms. The molecule has 1 heterocycles. The number of hydrogen-bond acceptors (Lipinski definition) is 4. The number of hydrogen-bond donors (Lipinski definition) is 2. The minimum atomic E-state index is -0.397. The number of carbonyl (C=O) groups is 1. The average Bonchev–Trinajstić information content (AvgIpc) is 2.60. The molecular weight excluding hydrogens is 288 g/mol. The molecule has 2 aromatic rings. The third-order valence-electron chi connectivity index (χ3n) is 3.31. The monoisotopic (exact) mass is 306 g/mol. The number of aromatic nitrogens is 1. The van der Waals surface area contributed by atoms with E-state index >= 15 is 0 Å². The summed E-state index contributed by atoms with van der Waals surface area (Å²) >= 11 is 0. The van der Waals surface area contributed by atoms with Gasteiger partial charge in [-0.3, -0.25) is 9.78 Å². The van der Waals surface area contributed by atoms with Crippen molar-refractivity contribution in [3.05, 3.63) is 77.8 Å². The molecule has 0 bridgehead atoms. The fraction of sp³-hybridized carbons (Fsp3) is 0.167. The van der Waals surface area contributed by atoms with Gasteiger partial charge in [-0.15, -0.1) is 0 Å². The highest BCUT2D eigenvalue weighted by Gasteiger charge is 2.13. The van der Waals surface area contributed by atoms with Gasteiger partial charge < -0.3 is 10.6 Å². The molecule has 0 radical (unpaired) electrons. The number of nitrogens with zero attached hydrogens (tertiary/aromatic N) is 2. The van der Waals surface area contributed by atoms with Crippen molar-refractivity contribution in [3.8, 4) is 6.07 Å². The summed E-state index contributed by atoms with van der Waals surface area (Å²) in [7, 11) is 0. The third kappa shape index (κ3) is 4.97. The van der Waals surface area contributed by atoms with Gasteiger partial charge in [-0.1, -0.05) is 30.3 Å². The van der Waals surface area contributed by atoms with Crippen molar-refractivity contribution in [3.63, 3.8) is 0 Å². The lowest BCUT2D eigenvalue weighted by Crippen LogP contribution is -2.28. The van der Waals surface area contributed by atoms with Crippen LogP contribution in [0.15, 0.2) is 66.6 Å². The molecule has 1 aromatic heterocycles. The second kappa shape index (κ2) is 8.35. The minimum absolute atomic E-state index is 0.0434. The van der Waals surface area contributed by atoms with Crippen molar-refractivity contribution in [2.45, 2.75) is 19.5 Å². The molecule has 0 saturated heterocycles. The van der Waals surface area contributed by atoms with E-state index in [4.69, 9.17) is 5.26 Å². The van der Waals surface area contributed by atoms with Gasteiger partial charge in [0, 0.05) is 25.1 Å². The van der Waals surface area contributed by atoms with Crippen LogP contribution in [0.2, 0.25) is 0 Å². The average molecular weight is 306 g/mol. The van der Waals surface area contributed by atoms with Crippen LogP contribution in [0.3, 0.4) is 0 Å². The normalized spacial score (nSPS) is 12.1. The molecule has 2 N–H and O–H groups in total. The van der Waals surface area contributed by atoms with E-state index in [0.29, 0.717) is 6.54 Å². The quantitative estimate of drug-likeness (QED) is 0.635. The predicted octanol–water partition coefficient (Wildman–Crippen LogP) is 2.46. The SMILES string of the molecule is CC(NC(=O)/C(C#N)=C\NCc1ccncc1)c1ccccc1. The molecule has 1 atom stereocenters. The standard InChI is InChI=1S/C18H18N4O/c1-14(16-5-3-2-4-6-16)22-18(23)17(11-19)13-21-12-15-7-9-20-10-8-15/h2-10,13-14,21H,12H2,1H3,(H,22,23)/b17-13-. The molecule has 1 unspecified atom stereocenters. The van der Waals surface area contributed by atoms with Crippen LogP contribution in [-0.4, -0.2) is 10.9 Å². The van der Waals surface area contributed by atoms with E-state index in [0.717, 1.165) is 11.1 Å². The molecule has 5 nitrogen and oxygen atoms in total. The Hall–Kier alpha value is -3.13. The molecule has 1 amide bonds. The van der Waals surface area contributed by atoms with Crippen molar-refractivity contribution in [1.82, 2.24) is 15.6 Å². The number of nitrogens with one attached hydrogen (secondary N) is 2. The Bertz CT molecular complexity index is 705. The van der Waals surface area contributed by atoms with Gasteiger partial charge in [0.1, 0.15) is 11.6 Å². The summed E-state index contributed by atoms with van der Waals surface area (Å²) in [4.78, 5) is 16.1. The Balaban J connectivity index is 1.93. The zero-order chi connectivity index (χ0) is 16.5. The third-order valence-corrected chi connectivity index (χ3v) is 3.31. The fourth-order valence-corrected chi connectivity index (χ4v) is 2.02. The maximum absolute atomic E-state index is 12.1. The first kappa shape index (κ1) is 16.2. The maximum Gasteiger partial charge on any atom is 0.263 e. The minimum Gasteiger partial charge on any atom is -0.386 e. The Morgan fingerprint density at radius 3 is 2.61 bits per heavy atom. The first-order valence-corrected chi connectivity index (χ1v) is 7.29. The highest BCUT2D eigenvalue weighted by atomic mass is 16.1. The number of pyridine rings is 1. The largest absolute Gasteiger partial charge is 0.386 e. The van der Waals surface area contributed by atoms with Crippen molar-refractivity contribution < 1.29 is 4.79 Å². The maximum atomic E-state index is 12.1. The molecule has 116 valence electrons. The Morgan fingerprint density at radius 2 is 1.96 bits per heavy atom. The summed E-state index contributed by atoms with van der Waals surface area (Å²) in [6.45, 7) is 2.40. The van der Waals surface area contributed by atoms with Gasteiger partial charge in [-0.05, 0) is 30.2 Å².